The Morgan fingerprint density at radius 2 is 2.06 bits per heavy atom. The molecule has 0 spiro atoms. The lowest BCUT2D eigenvalue weighted by atomic mass is 9.96. The number of aryl methyl sites for hydroxylation is 1. The highest BCUT2D eigenvalue weighted by Gasteiger charge is 2.22. The van der Waals surface area contributed by atoms with Gasteiger partial charge < -0.3 is 9.80 Å². The summed E-state index contributed by atoms with van der Waals surface area (Å²) in [6.07, 6.45) is 4.43. The molecule has 2 rings (SSSR count). The van der Waals surface area contributed by atoms with Crippen LogP contribution in [0, 0.1) is 12.8 Å². The minimum absolute atomic E-state index is 0.833. The maximum absolute atomic E-state index is 4.52. The summed E-state index contributed by atoms with van der Waals surface area (Å²) in [5.74, 6) is 1.94. The van der Waals surface area contributed by atoms with E-state index >= 15 is 0 Å². The molecule has 4 heteroatoms. The predicted octanol–water partition coefficient (Wildman–Crippen LogP) is 2.93. The van der Waals surface area contributed by atoms with Crippen molar-refractivity contribution in [3.63, 3.8) is 0 Å². The Labute approximate surface area is 118 Å². The molecule has 1 aliphatic heterocycles. The fraction of sp³-hybridized carbons (Fsp3) is 0.643. The number of aromatic nitrogens is 1. The lowest BCUT2D eigenvalue weighted by molar-refractivity contribution is 0.284. The summed E-state index contributed by atoms with van der Waals surface area (Å²) < 4.78 is 1.15. The van der Waals surface area contributed by atoms with Crippen molar-refractivity contribution in [1.82, 2.24) is 9.88 Å². The Morgan fingerprint density at radius 1 is 1.39 bits per heavy atom. The second kappa shape index (κ2) is 6.02. The quantitative estimate of drug-likeness (QED) is 0.855. The normalized spacial score (nSPS) is 17.5. The molecule has 100 valence electrons. The maximum atomic E-state index is 4.52. The monoisotopic (exact) mass is 311 g/mol. The Balaban J connectivity index is 1.99. The standard InChI is InChI=1S/C14H22BrN3/c1-11-4-7-16-14(13(11)15)18-8-5-12(6-9-18)10-17(2)3/h4,7,12H,5-6,8-10H2,1-3H3. The van der Waals surface area contributed by atoms with Crippen molar-refractivity contribution >= 4 is 21.7 Å². The van der Waals surface area contributed by atoms with Gasteiger partial charge in [-0.15, -0.1) is 0 Å². The van der Waals surface area contributed by atoms with Crippen molar-refractivity contribution in [3.05, 3.63) is 22.3 Å². The van der Waals surface area contributed by atoms with Gasteiger partial charge in [0.1, 0.15) is 5.82 Å². The summed E-state index contributed by atoms with van der Waals surface area (Å²) in [5, 5.41) is 0. The summed E-state index contributed by atoms with van der Waals surface area (Å²) in [6, 6.07) is 2.05. The Hall–Kier alpha value is -0.610. The first-order chi connectivity index (χ1) is 8.58. The average molecular weight is 312 g/mol. The molecule has 0 N–H and O–H groups in total. The molecule has 0 radical (unpaired) electrons. The van der Waals surface area contributed by atoms with Gasteiger partial charge in [-0.3, -0.25) is 0 Å². The number of anilines is 1. The van der Waals surface area contributed by atoms with Crippen LogP contribution in [0.3, 0.4) is 0 Å². The summed E-state index contributed by atoms with van der Waals surface area (Å²) >= 11 is 3.66. The van der Waals surface area contributed by atoms with Gasteiger partial charge in [0.2, 0.25) is 0 Å². The van der Waals surface area contributed by atoms with Crippen molar-refractivity contribution in [1.29, 1.82) is 0 Å². The molecule has 0 aliphatic carbocycles. The molecule has 1 fully saturated rings. The molecule has 3 nitrogen and oxygen atoms in total. The van der Waals surface area contributed by atoms with Gasteiger partial charge in [-0.2, -0.15) is 0 Å². The number of hydrogen-bond donors (Lipinski definition) is 0. The topological polar surface area (TPSA) is 19.4 Å². The number of pyridine rings is 1. The van der Waals surface area contributed by atoms with Crippen LogP contribution in [0.25, 0.3) is 0 Å². The number of piperidine rings is 1. The maximum Gasteiger partial charge on any atom is 0.143 e. The number of hydrogen-bond acceptors (Lipinski definition) is 3. The van der Waals surface area contributed by atoms with E-state index in [2.05, 4.69) is 51.7 Å². The zero-order chi connectivity index (χ0) is 13.1. The fourth-order valence-electron chi connectivity index (χ4n) is 2.59. The van der Waals surface area contributed by atoms with E-state index in [9.17, 15) is 0 Å². The molecular formula is C14H22BrN3. The molecule has 0 bridgehead atoms. The van der Waals surface area contributed by atoms with Crippen LogP contribution in [0.5, 0.6) is 0 Å². The average Bonchev–Trinajstić information content (AvgIpc) is 2.33. The van der Waals surface area contributed by atoms with Crippen LogP contribution in [0.1, 0.15) is 18.4 Å². The van der Waals surface area contributed by atoms with Crippen LogP contribution in [0.15, 0.2) is 16.7 Å². The van der Waals surface area contributed by atoms with E-state index in [1.165, 1.54) is 24.9 Å². The molecule has 1 saturated heterocycles. The largest absolute Gasteiger partial charge is 0.356 e. The SMILES string of the molecule is Cc1ccnc(N2CCC(CN(C)C)CC2)c1Br. The molecule has 1 aromatic rings. The van der Waals surface area contributed by atoms with Crippen LogP contribution < -0.4 is 4.90 Å². The molecule has 1 aliphatic rings. The first-order valence-electron chi connectivity index (χ1n) is 6.58. The molecular weight excluding hydrogens is 290 g/mol. The molecule has 0 saturated carbocycles. The highest BCUT2D eigenvalue weighted by atomic mass is 79.9. The molecule has 1 aromatic heterocycles. The van der Waals surface area contributed by atoms with E-state index in [0.717, 1.165) is 29.3 Å². The summed E-state index contributed by atoms with van der Waals surface area (Å²) in [6.45, 7) is 5.56. The van der Waals surface area contributed by atoms with Crippen LogP contribution >= 0.6 is 15.9 Å². The van der Waals surface area contributed by atoms with Crippen LogP contribution in [-0.4, -0.2) is 43.6 Å². The molecule has 0 unspecified atom stereocenters. The van der Waals surface area contributed by atoms with Gasteiger partial charge >= 0.3 is 0 Å². The van der Waals surface area contributed by atoms with E-state index in [0.29, 0.717) is 0 Å². The van der Waals surface area contributed by atoms with Crippen molar-refractivity contribution < 1.29 is 0 Å². The number of halogens is 1. The van der Waals surface area contributed by atoms with Gasteiger partial charge in [-0.05, 0) is 67.3 Å². The van der Waals surface area contributed by atoms with Gasteiger partial charge in [-0.1, -0.05) is 0 Å². The predicted molar refractivity (Wildman–Crippen MR) is 80.2 cm³/mol. The highest BCUT2D eigenvalue weighted by Crippen LogP contribution is 2.30. The van der Waals surface area contributed by atoms with Gasteiger partial charge in [0.05, 0.1) is 4.47 Å². The third-order valence-corrected chi connectivity index (χ3v) is 4.58. The minimum Gasteiger partial charge on any atom is -0.356 e. The van der Waals surface area contributed by atoms with Gasteiger partial charge in [-0.25, -0.2) is 4.98 Å². The molecule has 0 aromatic carbocycles. The second-order valence-corrected chi connectivity index (χ2v) is 6.25. The minimum atomic E-state index is 0.833. The summed E-state index contributed by atoms with van der Waals surface area (Å²) in [5.41, 5.74) is 1.26. The van der Waals surface area contributed by atoms with Crippen LogP contribution in [0.4, 0.5) is 5.82 Å². The Bertz CT molecular complexity index is 398. The zero-order valence-corrected chi connectivity index (χ0v) is 13.1. The van der Waals surface area contributed by atoms with E-state index in [1.807, 2.05) is 12.3 Å². The molecule has 2 heterocycles. The van der Waals surface area contributed by atoms with Crippen molar-refractivity contribution in [2.45, 2.75) is 19.8 Å². The fourth-order valence-corrected chi connectivity index (χ4v) is 3.08. The Morgan fingerprint density at radius 3 is 2.67 bits per heavy atom. The van der Waals surface area contributed by atoms with E-state index in [-0.39, 0.29) is 0 Å². The lowest BCUT2D eigenvalue weighted by Crippen LogP contribution is -2.37. The van der Waals surface area contributed by atoms with Gasteiger partial charge in [0, 0.05) is 25.8 Å². The number of rotatable bonds is 3. The van der Waals surface area contributed by atoms with Crippen LogP contribution in [0.2, 0.25) is 0 Å². The summed E-state index contributed by atoms with van der Waals surface area (Å²) in [7, 11) is 4.32. The lowest BCUT2D eigenvalue weighted by Gasteiger charge is -2.34. The third-order valence-electron chi connectivity index (χ3n) is 3.60. The Kier molecular flexibility index (Phi) is 4.62. The first-order valence-corrected chi connectivity index (χ1v) is 7.38. The third kappa shape index (κ3) is 3.23. The smallest absolute Gasteiger partial charge is 0.143 e. The van der Waals surface area contributed by atoms with E-state index in [1.54, 1.807) is 0 Å². The number of nitrogens with zero attached hydrogens (tertiary/aromatic N) is 3. The highest BCUT2D eigenvalue weighted by molar-refractivity contribution is 9.10. The molecule has 0 atom stereocenters. The summed E-state index contributed by atoms with van der Waals surface area (Å²) in [4.78, 5) is 9.22. The molecule has 0 amide bonds. The van der Waals surface area contributed by atoms with Crippen molar-refractivity contribution in [2.24, 2.45) is 5.92 Å². The second-order valence-electron chi connectivity index (χ2n) is 5.46. The first kappa shape index (κ1) is 13.8. The van der Waals surface area contributed by atoms with Crippen molar-refractivity contribution in [2.75, 3.05) is 38.6 Å². The van der Waals surface area contributed by atoms with E-state index in [4.69, 9.17) is 0 Å². The van der Waals surface area contributed by atoms with E-state index < -0.39 is 0 Å². The van der Waals surface area contributed by atoms with Crippen molar-refractivity contribution in [3.8, 4) is 0 Å². The van der Waals surface area contributed by atoms with Gasteiger partial charge in [0.25, 0.3) is 0 Å². The van der Waals surface area contributed by atoms with Crippen LogP contribution in [-0.2, 0) is 0 Å². The molecule has 18 heavy (non-hydrogen) atoms. The van der Waals surface area contributed by atoms with Gasteiger partial charge in [0.15, 0.2) is 0 Å². The zero-order valence-electron chi connectivity index (χ0n) is 11.5.